The topological polar surface area (TPSA) is 92.8 Å². The summed E-state index contributed by atoms with van der Waals surface area (Å²) in [6, 6.07) is 23.4. The number of nitrogens with one attached hydrogen (secondary N) is 2. The van der Waals surface area contributed by atoms with E-state index in [0.717, 1.165) is 22.0 Å². The van der Waals surface area contributed by atoms with E-state index >= 15 is 0 Å². The fraction of sp³-hybridized carbons (Fsp3) is 0.0645. The molecule has 0 bridgehead atoms. The number of fused-ring (bicyclic) bond motifs is 1. The van der Waals surface area contributed by atoms with Crippen LogP contribution in [0.15, 0.2) is 92.9 Å². The summed E-state index contributed by atoms with van der Waals surface area (Å²) in [5, 5.41) is 5.58. The Labute approximate surface area is 257 Å². The van der Waals surface area contributed by atoms with Gasteiger partial charge in [-0.25, -0.2) is 10.2 Å². The Hall–Kier alpha value is -3.92. The monoisotopic (exact) mass is 693 g/mol. The molecule has 0 aliphatic heterocycles. The fourth-order valence-corrected chi connectivity index (χ4v) is 5.89. The number of aromatic amines is 1. The molecular formula is C31H22Br2ClN3O4. The molecule has 1 heterocycles. The van der Waals surface area contributed by atoms with Crippen molar-refractivity contribution in [3.05, 3.63) is 115 Å². The second-order valence-corrected chi connectivity index (χ2v) is 11.2. The molecule has 4 aromatic carbocycles. The van der Waals surface area contributed by atoms with Crippen molar-refractivity contribution < 1.29 is 19.1 Å². The van der Waals surface area contributed by atoms with E-state index in [9.17, 15) is 9.59 Å². The van der Waals surface area contributed by atoms with Gasteiger partial charge in [-0.2, -0.15) is 5.10 Å². The van der Waals surface area contributed by atoms with E-state index in [1.165, 1.54) is 13.3 Å². The molecule has 41 heavy (non-hydrogen) atoms. The van der Waals surface area contributed by atoms with E-state index in [4.69, 9.17) is 21.1 Å². The highest BCUT2D eigenvalue weighted by Crippen LogP contribution is 2.37. The number of amides is 1. The Morgan fingerprint density at radius 3 is 2.59 bits per heavy atom. The van der Waals surface area contributed by atoms with Gasteiger partial charge < -0.3 is 14.5 Å². The molecule has 10 heteroatoms. The molecule has 206 valence electrons. The Balaban J connectivity index is 1.45. The average molecular weight is 696 g/mol. The number of esters is 1. The standard InChI is InChI=1S/C31H22Br2ClN3O4/c1-17-10-11-26-23(12-17)27(22-8-3-4-9-25(22)34)28(36-26)30(38)37-35-16-19-13-20(32)15-24(33)29(19)41-31(39)18-6-5-7-21(14-18)40-2/h3-16,36H,1-2H3,(H,37,38). The van der Waals surface area contributed by atoms with Gasteiger partial charge in [0.1, 0.15) is 11.4 Å². The van der Waals surface area contributed by atoms with E-state index < -0.39 is 11.9 Å². The molecule has 1 aromatic heterocycles. The first-order valence-electron chi connectivity index (χ1n) is 12.3. The molecule has 1 amide bonds. The Bertz CT molecular complexity index is 1830. The molecule has 0 spiro atoms. The van der Waals surface area contributed by atoms with Gasteiger partial charge in [-0.3, -0.25) is 4.79 Å². The molecule has 0 aliphatic carbocycles. The summed E-state index contributed by atoms with van der Waals surface area (Å²) < 4.78 is 12.1. The zero-order valence-electron chi connectivity index (χ0n) is 21.8. The number of hydrogen-bond donors (Lipinski definition) is 2. The van der Waals surface area contributed by atoms with Crippen LogP contribution in [0.4, 0.5) is 0 Å². The van der Waals surface area contributed by atoms with Gasteiger partial charge in [-0.15, -0.1) is 0 Å². The third kappa shape index (κ3) is 6.22. The number of carbonyl (C=O) groups excluding carboxylic acids is 2. The zero-order valence-corrected chi connectivity index (χ0v) is 25.7. The highest BCUT2D eigenvalue weighted by atomic mass is 79.9. The molecule has 0 fully saturated rings. The molecule has 0 aliphatic rings. The first-order valence-corrected chi connectivity index (χ1v) is 14.3. The SMILES string of the molecule is COc1cccc(C(=O)Oc2c(Br)cc(Br)cc2C=NNC(=O)c2[nH]c3ccc(C)cc3c2-c2ccccc2Cl)c1. The maximum absolute atomic E-state index is 13.4. The number of aromatic nitrogens is 1. The second kappa shape index (κ2) is 12.3. The quantitative estimate of drug-likeness (QED) is 0.0776. The molecular weight excluding hydrogens is 674 g/mol. The summed E-state index contributed by atoms with van der Waals surface area (Å²) in [5.74, 6) is -0.281. The number of hydrogen-bond acceptors (Lipinski definition) is 5. The summed E-state index contributed by atoms with van der Waals surface area (Å²) in [7, 11) is 1.52. The molecule has 0 atom stereocenters. The lowest BCUT2D eigenvalue weighted by Crippen LogP contribution is -2.19. The van der Waals surface area contributed by atoms with Crippen molar-refractivity contribution in [1.29, 1.82) is 0 Å². The van der Waals surface area contributed by atoms with Crippen molar-refractivity contribution in [3.63, 3.8) is 0 Å². The summed E-state index contributed by atoms with van der Waals surface area (Å²) >= 11 is 13.4. The van der Waals surface area contributed by atoms with Gasteiger partial charge in [0, 0.05) is 37.1 Å². The lowest BCUT2D eigenvalue weighted by atomic mass is 10.0. The van der Waals surface area contributed by atoms with Crippen LogP contribution in [0.1, 0.15) is 32.0 Å². The molecule has 5 aromatic rings. The molecule has 0 radical (unpaired) electrons. The van der Waals surface area contributed by atoms with Crippen LogP contribution in [-0.4, -0.2) is 30.2 Å². The number of hydrazone groups is 1. The number of H-pyrrole nitrogens is 1. The number of nitrogens with zero attached hydrogens (tertiary/aromatic N) is 1. The lowest BCUT2D eigenvalue weighted by molar-refractivity contribution is 0.0732. The van der Waals surface area contributed by atoms with Crippen molar-refractivity contribution in [3.8, 4) is 22.6 Å². The van der Waals surface area contributed by atoms with Crippen LogP contribution in [0.5, 0.6) is 11.5 Å². The van der Waals surface area contributed by atoms with Gasteiger partial charge in [-0.05, 0) is 71.4 Å². The number of halogens is 3. The summed E-state index contributed by atoms with van der Waals surface area (Å²) in [4.78, 5) is 29.5. The summed E-state index contributed by atoms with van der Waals surface area (Å²) in [6.45, 7) is 1.99. The summed E-state index contributed by atoms with van der Waals surface area (Å²) in [5.41, 5.74) is 6.91. The number of carbonyl (C=O) groups is 2. The normalized spacial score (nSPS) is 11.1. The van der Waals surface area contributed by atoms with Crippen molar-refractivity contribution in [1.82, 2.24) is 10.4 Å². The van der Waals surface area contributed by atoms with Crippen LogP contribution in [0.25, 0.3) is 22.0 Å². The maximum atomic E-state index is 13.4. The van der Waals surface area contributed by atoms with Crippen molar-refractivity contribution in [2.24, 2.45) is 5.10 Å². The van der Waals surface area contributed by atoms with E-state index in [2.05, 4.69) is 47.4 Å². The van der Waals surface area contributed by atoms with Gasteiger partial charge in [0.2, 0.25) is 0 Å². The predicted octanol–water partition coefficient (Wildman–Crippen LogP) is 8.31. The number of ether oxygens (including phenoxy) is 2. The van der Waals surface area contributed by atoms with Gasteiger partial charge >= 0.3 is 5.97 Å². The smallest absolute Gasteiger partial charge is 0.343 e. The lowest BCUT2D eigenvalue weighted by Gasteiger charge is -2.11. The average Bonchev–Trinajstić information content (AvgIpc) is 3.33. The van der Waals surface area contributed by atoms with Crippen LogP contribution < -0.4 is 14.9 Å². The molecule has 0 saturated carbocycles. The van der Waals surface area contributed by atoms with Gasteiger partial charge in [-0.1, -0.05) is 63.4 Å². The van der Waals surface area contributed by atoms with E-state index in [-0.39, 0.29) is 5.75 Å². The Kier molecular flexibility index (Phi) is 8.58. The van der Waals surface area contributed by atoms with E-state index in [0.29, 0.717) is 42.1 Å². The van der Waals surface area contributed by atoms with Gasteiger partial charge in [0.25, 0.3) is 5.91 Å². The highest BCUT2D eigenvalue weighted by molar-refractivity contribution is 9.11. The number of methoxy groups -OCH3 is 1. The van der Waals surface area contributed by atoms with Crippen LogP contribution in [-0.2, 0) is 0 Å². The van der Waals surface area contributed by atoms with E-state index in [1.807, 2.05) is 43.3 Å². The zero-order chi connectivity index (χ0) is 29.1. The molecule has 2 N–H and O–H groups in total. The first-order chi connectivity index (χ1) is 19.7. The van der Waals surface area contributed by atoms with Gasteiger partial charge in [0.05, 0.1) is 23.4 Å². The van der Waals surface area contributed by atoms with Crippen LogP contribution >= 0.6 is 43.5 Å². The third-order valence-electron chi connectivity index (χ3n) is 6.23. The second-order valence-electron chi connectivity index (χ2n) is 9.03. The van der Waals surface area contributed by atoms with Crippen LogP contribution in [0.3, 0.4) is 0 Å². The largest absolute Gasteiger partial charge is 0.497 e. The van der Waals surface area contributed by atoms with E-state index in [1.54, 1.807) is 42.5 Å². The maximum Gasteiger partial charge on any atom is 0.343 e. The minimum atomic E-state index is -0.580. The van der Waals surface area contributed by atoms with Crippen molar-refractivity contribution in [2.45, 2.75) is 6.92 Å². The summed E-state index contributed by atoms with van der Waals surface area (Å²) in [6.07, 6.45) is 1.41. The minimum absolute atomic E-state index is 0.233. The minimum Gasteiger partial charge on any atom is -0.497 e. The van der Waals surface area contributed by atoms with Crippen molar-refractivity contribution in [2.75, 3.05) is 7.11 Å². The van der Waals surface area contributed by atoms with Crippen LogP contribution in [0, 0.1) is 6.92 Å². The predicted molar refractivity (Wildman–Crippen MR) is 168 cm³/mol. The van der Waals surface area contributed by atoms with Crippen LogP contribution in [0.2, 0.25) is 5.02 Å². The van der Waals surface area contributed by atoms with Crippen molar-refractivity contribution >= 4 is 72.5 Å². The number of aryl methyl sites for hydroxylation is 1. The Morgan fingerprint density at radius 1 is 1.00 bits per heavy atom. The number of benzene rings is 4. The number of rotatable bonds is 7. The molecule has 0 unspecified atom stereocenters. The molecule has 0 saturated heterocycles. The fourth-order valence-electron chi connectivity index (χ4n) is 4.32. The van der Waals surface area contributed by atoms with Gasteiger partial charge in [0.15, 0.2) is 5.75 Å². The highest BCUT2D eigenvalue weighted by Gasteiger charge is 2.21. The first kappa shape index (κ1) is 28.6. The Morgan fingerprint density at radius 2 is 1.80 bits per heavy atom. The molecule has 7 nitrogen and oxygen atoms in total. The molecule has 5 rings (SSSR count). The third-order valence-corrected chi connectivity index (χ3v) is 7.61.